The van der Waals surface area contributed by atoms with Gasteiger partial charge in [0.15, 0.2) is 0 Å². The highest BCUT2D eigenvalue weighted by atomic mass is 16.5. The van der Waals surface area contributed by atoms with Crippen LogP contribution in [-0.4, -0.2) is 48.6 Å². The van der Waals surface area contributed by atoms with Crippen molar-refractivity contribution in [2.45, 2.75) is 25.4 Å². The Hall–Kier alpha value is -1.62. The van der Waals surface area contributed by atoms with Gasteiger partial charge in [-0.1, -0.05) is 6.07 Å². The molecule has 5 heteroatoms. The van der Waals surface area contributed by atoms with E-state index in [-0.39, 0.29) is 11.5 Å². The van der Waals surface area contributed by atoms with Gasteiger partial charge in [0.1, 0.15) is 11.5 Å². The molecule has 0 bridgehead atoms. The fourth-order valence-electron chi connectivity index (χ4n) is 2.14. The van der Waals surface area contributed by atoms with Gasteiger partial charge in [0.05, 0.1) is 5.60 Å². The van der Waals surface area contributed by atoms with E-state index in [0.29, 0.717) is 18.1 Å². The molecule has 1 aromatic heterocycles. The van der Waals surface area contributed by atoms with Gasteiger partial charge in [-0.2, -0.15) is 0 Å². The maximum atomic E-state index is 11.8. The van der Waals surface area contributed by atoms with Crippen LogP contribution in [0.5, 0.6) is 0 Å². The number of aromatic nitrogens is 1. The zero-order valence-electron chi connectivity index (χ0n) is 11.8. The van der Waals surface area contributed by atoms with Crippen LogP contribution in [0.2, 0.25) is 0 Å². The van der Waals surface area contributed by atoms with Crippen molar-refractivity contribution >= 4 is 11.7 Å². The lowest BCUT2D eigenvalue weighted by molar-refractivity contribution is 0.0315. The molecule has 19 heavy (non-hydrogen) atoms. The minimum atomic E-state index is -0.122. The summed E-state index contributed by atoms with van der Waals surface area (Å²) in [4.78, 5) is 17.7. The first-order valence-corrected chi connectivity index (χ1v) is 6.57. The Bertz CT molecular complexity index is 454. The van der Waals surface area contributed by atoms with Crippen LogP contribution in [0.25, 0.3) is 0 Å². The molecule has 1 amide bonds. The first-order valence-electron chi connectivity index (χ1n) is 6.57. The molecule has 1 aliphatic rings. The molecule has 0 aliphatic carbocycles. The second-order valence-electron chi connectivity index (χ2n) is 5.36. The molecule has 1 aromatic rings. The largest absolute Gasteiger partial charge is 0.373 e. The number of pyridine rings is 1. The normalized spacial score (nSPS) is 22.3. The predicted octanol–water partition coefficient (Wildman–Crippen LogP) is 1.76. The van der Waals surface area contributed by atoms with E-state index >= 15 is 0 Å². The summed E-state index contributed by atoms with van der Waals surface area (Å²) < 4.78 is 5.71. The lowest BCUT2D eigenvalue weighted by Gasteiger charge is -2.23. The number of ether oxygens (including phenoxy) is 1. The monoisotopic (exact) mass is 263 g/mol. The summed E-state index contributed by atoms with van der Waals surface area (Å²) >= 11 is 0. The zero-order chi connectivity index (χ0) is 13.9. The lowest BCUT2D eigenvalue weighted by atomic mass is 10.0. The molecule has 5 nitrogen and oxygen atoms in total. The molecule has 0 spiro atoms. The maximum Gasteiger partial charge on any atom is 0.272 e. The summed E-state index contributed by atoms with van der Waals surface area (Å²) in [6.07, 6.45) is 2.15. The molecule has 0 saturated carbocycles. The van der Waals surface area contributed by atoms with Gasteiger partial charge < -0.3 is 15.0 Å². The highest BCUT2D eigenvalue weighted by Crippen LogP contribution is 2.25. The lowest BCUT2D eigenvalue weighted by Crippen LogP contribution is -2.33. The summed E-state index contributed by atoms with van der Waals surface area (Å²) in [6, 6.07) is 5.43. The summed E-state index contributed by atoms with van der Waals surface area (Å²) in [5.41, 5.74) is 0.330. The number of hydrogen-bond donors (Lipinski definition) is 1. The molecular weight excluding hydrogens is 242 g/mol. The predicted molar refractivity (Wildman–Crippen MR) is 74.3 cm³/mol. The quantitative estimate of drug-likeness (QED) is 0.899. The van der Waals surface area contributed by atoms with Crippen LogP contribution < -0.4 is 5.32 Å². The van der Waals surface area contributed by atoms with Gasteiger partial charge in [-0.05, 0) is 31.9 Å². The van der Waals surface area contributed by atoms with E-state index in [4.69, 9.17) is 4.74 Å². The molecule has 1 fully saturated rings. The van der Waals surface area contributed by atoms with Gasteiger partial charge in [-0.3, -0.25) is 4.79 Å². The van der Waals surface area contributed by atoms with Crippen molar-refractivity contribution < 1.29 is 9.53 Å². The van der Waals surface area contributed by atoms with E-state index in [2.05, 4.69) is 17.2 Å². The Morgan fingerprint density at radius 3 is 2.95 bits per heavy atom. The smallest absolute Gasteiger partial charge is 0.272 e. The SMILES string of the molecule is CN(C)C(=O)c1cccc(NCC2(C)CCCO2)n1. The molecule has 1 aliphatic heterocycles. The Morgan fingerprint density at radius 2 is 2.32 bits per heavy atom. The molecule has 0 radical (unpaired) electrons. The Labute approximate surface area is 114 Å². The van der Waals surface area contributed by atoms with Crippen LogP contribution >= 0.6 is 0 Å². The number of rotatable bonds is 4. The van der Waals surface area contributed by atoms with Gasteiger partial charge in [0, 0.05) is 27.2 Å². The van der Waals surface area contributed by atoms with Crippen molar-refractivity contribution in [1.82, 2.24) is 9.88 Å². The topological polar surface area (TPSA) is 54.5 Å². The second kappa shape index (κ2) is 5.57. The Kier molecular flexibility index (Phi) is 4.04. The van der Waals surface area contributed by atoms with Crippen molar-refractivity contribution in [3.05, 3.63) is 23.9 Å². The van der Waals surface area contributed by atoms with Crippen molar-refractivity contribution in [2.75, 3.05) is 32.6 Å². The molecule has 2 rings (SSSR count). The molecule has 2 heterocycles. The van der Waals surface area contributed by atoms with Gasteiger partial charge in [0.2, 0.25) is 0 Å². The van der Waals surface area contributed by atoms with E-state index < -0.39 is 0 Å². The third-order valence-electron chi connectivity index (χ3n) is 3.32. The highest BCUT2D eigenvalue weighted by molar-refractivity contribution is 5.92. The molecule has 0 aromatic carbocycles. The van der Waals surface area contributed by atoms with Gasteiger partial charge >= 0.3 is 0 Å². The summed E-state index contributed by atoms with van der Waals surface area (Å²) in [5.74, 6) is 0.622. The maximum absolute atomic E-state index is 11.8. The van der Waals surface area contributed by atoms with E-state index in [1.807, 2.05) is 12.1 Å². The summed E-state index contributed by atoms with van der Waals surface area (Å²) in [7, 11) is 3.44. The fraction of sp³-hybridized carbons (Fsp3) is 0.571. The van der Waals surface area contributed by atoms with Crippen LogP contribution in [0.15, 0.2) is 18.2 Å². The molecule has 104 valence electrons. The van der Waals surface area contributed by atoms with Crippen LogP contribution in [0, 0.1) is 0 Å². The third-order valence-corrected chi connectivity index (χ3v) is 3.32. The summed E-state index contributed by atoms with van der Waals surface area (Å²) in [6.45, 7) is 3.63. The van der Waals surface area contributed by atoms with Crippen LogP contribution in [0.4, 0.5) is 5.82 Å². The zero-order valence-corrected chi connectivity index (χ0v) is 11.8. The van der Waals surface area contributed by atoms with Gasteiger partial charge in [-0.15, -0.1) is 0 Å². The molecular formula is C14H21N3O2. The number of nitrogens with zero attached hydrogens (tertiary/aromatic N) is 2. The first kappa shape index (κ1) is 13.8. The van der Waals surface area contributed by atoms with E-state index in [0.717, 1.165) is 19.4 Å². The van der Waals surface area contributed by atoms with Crippen LogP contribution in [0.3, 0.4) is 0 Å². The minimum Gasteiger partial charge on any atom is -0.373 e. The van der Waals surface area contributed by atoms with Crippen molar-refractivity contribution in [3.63, 3.8) is 0 Å². The number of nitrogens with one attached hydrogen (secondary N) is 1. The number of hydrogen-bond acceptors (Lipinski definition) is 4. The van der Waals surface area contributed by atoms with Crippen molar-refractivity contribution in [2.24, 2.45) is 0 Å². The minimum absolute atomic E-state index is 0.0908. The Morgan fingerprint density at radius 1 is 1.53 bits per heavy atom. The second-order valence-corrected chi connectivity index (χ2v) is 5.36. The Balaban J connectivity index is 2.01. The number of carbonyl (C=O) groups excluding carboxylic acids is 1. The van der Waals surface area contributed by atoms with Crippen molar-refractivity contribution in [1.29, 1.82) is 0 Å². The highest BCUT2D eigenvalue weighted by Gasteiger charge is 2.29. The fourth-order valence-corrected chi connectivity index (χ4v) is 2.14. The third kappa shape index (κ3) is 3.44. The van der Waals surface area contributed by atoms with Gasteiger partial charge in [-0.25, -0.2) is 4.98 Å². The van der Waals surface area contributed by atoms with Crippen LogP contribution in [-0.2, 0) is 4.74 Å². The molecule has 1 saturated heterocycles. The van der Waals surface area contributed by atoms with E-state index in [1.54, 1.807) is 20.2 Å². The number of carbonyl (C=O) groups is 1. The van der Waals surface area contributed by atoms with Gasteiger partial charge in [0.25, 0.3) is 5.91 Å². The van der Waals surface area contributed by atoms with Crippen LogP contribution in [0.1, 0.15) is 30.3 Å². The number of amides is 1. The molecule has 1 atom stereocenters. The average Bonchev–Trinajstić information content (AvgIpc) is 2.83. The van der Waals surface area contributed by atoms with E-state index in [1.165, 1.54) is 4.90 Å². The first-order chi connectivity index (χ1) is 9.00. The molecule has 1 unspecified atom stereocenters. The molecule has 1 N–H and O–H groups in total. The summed E-state index contributed by atoms with van der Waals surface area (Å²) in [5, 5.41) is 3.25. The van der Waals surface area contributed by atoms with E-state index in [9.17, 15) is 4.79 Å². The number of anilines is 1. The average molecular weight is 263 g/mol. The van der Waals surface area contributed by atoms with Crippen molar-refractivity contribution in [3.8, 4) is 0 Å². The standard InChI is InChI=1S/C14H21N3O2/c1-14(8-5-9-19-14)10-15-12-7-4-6-11(16-12)13(18)17(2)3/h4,6-7H,5,8-10H2,1-3H3,(H,15,16).